The van der Waals surface area contributed by atoms with Crippen molar-refractivity contribution in [3.8, 4) is 5.75 Å². The van der Waals surface area contributed by atoms with Crippen molar-refractivity contribution in [3.05, 3.63) is 53.6 Å². The number of hydrogen-bond donors (Lipinski definition) is 1. The Hall–Kier alpha value is -1.68. The van der Waals surface area contributed by atoms with Crippen LogP contribution in [0.4, 0.5) is 5.69 Å². The molecule has 0 bridgehead atoms. The smallest absolute Gasteiger partial charge is 0.255 e. The lowest BCUT2D eigenvalue weighted by atomic mass is 10.1. The summed E-state index contributed by atoms with van der Waals surface area (Å²) < 4.78 is 33.6. The highest BCUT2D eigenvalue weighted by Gasteiger charge is 2.29. The van der Waals surface area contributed by atoms with Gasteiger partial charge < -0.3 is 10.1 Å². The molecule has 0 aliphatic carbocycles. The Kier molecular flexibility index (Phi) is 7.70. The van der Waals surface area contributed by atoms with Crippen LogP contribution in [0.5, 0.6) is 5.75 Å². The van der Waals surface area contributed by atoms with E-state index in [9.17, 15) is 13.2 Å². The molecule has 1 N–H and O–H groups in total. The highest BCUT2D eigenvalue weighted by molar-refractivity contribution is 8.16. The van der Waals surface area contributed by atoms with Crippen LogP contribution in [0.2, 0.25) is 0 Å². The second-order valence-corrected chi connectivity index (χ2v) is 12.5. The van der Waals surface area contributed by atoms with Gasteiger partial charge in [0, 0.05) is 24.3 Å². The maximum absolute atomic E-state index is 13.2. The number of carbonyl (C=O) groups is 1. The van der Waals surface area contributed by atoms with Crippen LogP contribution in [0.15, 0.2) is 47.4 Å². The van der Waals surface area contributed by atoms with Crippen molar-refractivity contribution in [3.63, 3.8) is 0 Å². The second kappa shape index (κ2) is 10.5. The molecule has 1 amide bonds. The van der Waals surface area contributed by atoms with Gasteiger partial charge in [-0.05, 0) is 66.7 Å². The zero-order chi connectivity index (χ0) is 22.6. The number of benzene rings is 2. The van der Waals surface area contributed by atoms with Crippen LogP contribution in [0.25, 0.3) is 0 Å². The van der Waals surface area contributed by atoms with Gasteiger partial charge in [-0.25, -0.2) is 8.42 Å². The Labute approximate surface area is 198 Å². The average Bonchev–Trinajstić information content (AvgIpc) is 2.85. The molecule has 0 saturated carbocycles. The van der Waals surface area contributed by atoms with Gasteiger partial charge in [-0.2, -0.15) is 4.31 Å². The van der Waals surface area contributed by atoms with Crippen molar-refractivity contribution in [1.82, 2.24) is 4.31 Å². The number of rotatable bonds is 6. The monoisotopic (exact) mass is 492 g/mol. The van der Waals surface area contributed by atoms with Gasteiger partial charge >= 0.3 is 0 Å². The second-order valence-electron chi connectivity index (χ2n) is 7.83. The van der Waals surface area contributed by atoms with Gasteiger partial charge in [-0.15, -0.1) is 23.5 Å². The molecule has 2 saturated heterocycles. The molecular formula is C23H28N2O4S3. The van der Waals surface area contributed by atoms with Crippen LogP contribution in [0.3, 0.4) is 0 Å². The van der Waals surface area contributed by atoms with E-state index in [1.54, 1.807) is 12.1 Å². The minimum atomic E-state index is -3.69. The first-order chi connectivity index (χ1) is 15.5. The van der Waals surface area contributed by atoms with Crippen LogP contribution < -0.4 is 10.1 Å². The maximum Gasteiger partial charge on any atom is 0.255 e. The first-order valence-electron chi connectivity index (χ1n) is 10.8. The highest BCUT2D eigenvalue weighted by Crippen LogP contribution is 2.43. The van der Waals surface area contributed by atoms with Crippen LogP contribution >= 0.6 is 23.5 Å². The number of carbonyl (C=O) groups excluding carboxylic acids is 1. The molecule has 32 heavy (non-hydrogen) atoms. The fourth-order valence-corrected chi connectivity index (χ4v) is 8.47. The Morgan fingerprint density at radius 1 is 1.00 bits per heavy atom. The predicted molar refractivity (Wildman–Crippen MR) is 132 cm³/mol. The quantitative estimate of drug-likeness (QED) is 0.612. The zero-order valence-electron chi connectivity index (χ0n) is 18.1. The zero-order valence-corrected chi connectivity index (χ0v) is 20.5. The van der Waals surface area contributed by atoms with Gasteiger partial charge in [-0.3, -0.25) is 4.79 Å². The SMILES string of the molecule is COc1ccc(NC(=O)c2ccc(C3SCCCS3)cc2)cc1S(=O)(=O)N1CCCCC1. The van der Waals surface area contributed by atoms with Crippen molar-refractivity contribution in [2.75, 3.05) is 37.0 Å². The third kappa shape index (κ3) is 5.27. The fourth-order valence-electron chi connectivity index (χ4n) is 3.88. The summed E-state index contributed by atoms with van der Waals surface area (Å²) >= 11 is 3.88. The highest BCUT2D eigenvalue weighted by atomic mass is 32.2. The summed E-state index contributed by atoms with van der Waals surface area (Å²) in [6, 6.07) is 12.4. The summed E-state index contributed by atoms with van der Waals surface area (Å²) in [6.45, 7) is 1.01. The lowest BCUT2D eigenvalue weighted by molar-refractivity contribution is 0.102. The maximum atomic E-state index is 13.2. The average molecular weight is 493 g/mol. The Morgan fingerprint density at radius 3 is 2.34 bits per heavy atom. The minimum absolute atomic E-state index is 0.0846. The largest absolute Gasteiger partial charge is 0.495 e. The number of methoxy groups -OCH3 is 1. The number of sulfonamides is 1. The van der Waals surface area contributed by atoms with Gasteiger partial charge in [-0.1, -0.05) is 18.6 Å². The Bertz CT molecular complexity index is 1050. The summed E-state index contributed by atoms with van der Waals surface area (Å²) in [7, 11) is -2.24. The molecule has 0 radical (unpaired) electrons. The number of anilines is 1. The lowest BCUT2D eigenvalue weighted by Crippen LogP contribution is -2.35. The van der Waals surface area contributed by atoms with Crippen LogP contribution in [-0.4, -0.2) is 50.3 Å². The fraction of sp³-hybridized carbons (Fsp3) is 0.435. The van der Waals surface area contributed by atoms with Crippen molar-refractivity contribution in [1.29, 1.82) is 0 Å². The van der Waals surface area contributed by atoms with Crippen LogP contribution in [-0.2, 0) is 10.0 Å². The van der Waals surface area contributed by atoms with Crippen molar-refractivity contribution in [2.45, 2.75) is 35.2 Å². The van der Waals surface area contributed by atoms with Gasteiger partial charge in [0.05, 0.1) is 11.7 Å². The number of hydrogen-bond acceptors (Lipinski definition) is 6. The minimum Gasteiger partial charge on any atom is -0.495 e. The molecule has 172 valence electrons. The Balaban J connectivity index is 1.51. The lowest BCUT2D eigenvalue weighted by Gasteiger charge is -2.26. The first-order valence-corrected chi connectivity index (χ1v) is 14.4. The summed E-state index contributed by atoms with van der Waals surface area (Å²) in [4.78, 5) is 12.9. The van der Waals surface area contributed by atoms with E-state index < -0.39 is 10.0 Å². The molecule has 2 aliphatic heterocycles. The predicted octanol–water partition coefficient (Wildman–Crippen LogP) is 4.99. The van der Waals surface area contributed by atoms with E-state index in [2.05, 4.69) is 5.32 Å². The van der Waals surface area contributed by atoms with Crippen molar-refractivity contribution >= 4 is 45.1 Å². The normalized spacial score (nSPS) is 18.3. The van der Waals surface area contributed by atoms with Crippen LogP contribution in [0.1, 0.15) is 46.2 Å². The van der Waals surface area contributed by atoms with Crippen molar-refractivity contribution in [2.24, 2.45) is 0 Å². The third-order valence-electron chi connectivity index (χ3n) is 5.63. The number of nitrogens with zero attached hydrogens (tertiary/aromatic N) is 1. The number of ether oxygens (including phenoxy) is 1. The van der Waals surface area contributed by atoms with E-state index in [1.165, 1.54) is 41.0 Å². The molecular weight excluding hydrogens is 464 g/mol. The molecule has 0 unspecified atom stereocenters. The summed E-state index contributed by atoms with van der Waals surface area (Å²) in [5, 5.41) is 2.84. The molecule has 0 atom stereocenters. The summed E-state index contributed by atoms with van der Waals surface area (Å²) in [6.07, 6.45) is 3.98. The molecule has 2 aromatic carbocycles. The molecule has 0 spiro atoms. The summed E-state index contributed by atoms with van der Waals surface area (Å²) in [5.74, 6) is 2.34. The molecule has 0 aromatic heterocycles. The molecule has 2 aromatic rings. The number of thioether (sulfide) groups is 2. The van der Waals surface area contributed by atoms with Gasteiger partial charge in [0.1, 0.15) is 10.6 Å². The van der Waals surface area contributed by atoms with E-state index >= 15 is 0 Å². The van der Waals surface area contributed by atoms with Crippen molar-refractivity contribution < 1.29 is 17.9 Å². The van der Waals surface area contributed by atoms with E-state index in [0.29, 0.717) is 28.9 Å². The number of piperidine rings is 1. The van der Waals surface area contributed by atoms with E-state index in [4.69, 9.17) is 4.74 Å². The number of amides is 1. The van der Waals surface area contributed by atoms with E-state index in [1.807, 2.05) is 47.8 Å². The van der Waals surface area contributed by atoms with Gasteiger partial charge in [0.15, 0.2) is 0 Å². The molecule has 2 aliphatic rings. The topological polar surface area (TPSA) is 75.7 Å². The molecule has 4 rings (SSSR count). The molecule has 9 heteroatoms. The molecule has 2 heterocycles. The van der Waals surface area contributed by atoms with E-state index in [0.717, 1.165) is 19.3 Å². The number of nitrogens with one attached hydrogen (secondary N) is 1. The van der Waals surface area contributed by atoms with Gasteiger partial charge in [0.2, 0.25) is 10.0 Å². The van der Waals surface area contributed by atoms with E-state index in [-0.39, 0.29) is 16.6 Å². The summed E-state index contributed by atoms with van der Waals surface area (Å²) in [5.41, 5.74) is 2.18. The van der Waals surface area contributed by atoms with Crippen LogP contribution in [0, 0.1) is 0 Å². The molecule has 2 fully saturated rings. The molecule has 6 nitrogen and oxygen atoms in total. The Morgan fingerprint density at radius 2 is 1.69 bits per heavy atom. The first kappa shape index (κ1) is 23.5. The third-order valence-corrected chi connectivity index (χ3v) is 10.6. The van der Waals surface area contributed by atoms with Gasteiger partial charge in [0.25, 0.3) is 5.91 Å². The standard InChI is InChI=1S/C23H28N2O4S3/c1-29-20-11-10-19(16-21(20)32(27,28)25-12-3-2-4-13-25)24-22(26)17-6-8-18(9-7-17)23-30-14-5-15-31-23/h6-11,16,23H,2-5,12-15H2,1H3,(H,24,26).